The summed E-state index contributed by atoms with van der Waals surface area (Å²) in [6, 6.07) is 8.07. The maximum atomic E-state index is 13.9. The summed E-state index contributed by atoms with van der Waals surface area (Å²) < 4.78 is 5.32. The summed E-state index contributed by atoms with van der Waals surface area (Å²) >= 11 is 0. The van der Waals surface area contributed by atoms with E-state index in [2.05, 4.69) is 10.6 Å². The summed E-state index contributed by atoms with van der Waals surface area (Å²) in [6.45, 7) is 12.2. The number of alkyl carbamates (subject to hydrolysis) is 1. The monoisotopic (exact) mass is 540 g/mol. The molecule has 2 aromatic carbocycles. The van der Waals surface area contributed by atoms with Crippen molar-refractivity contribution in [2.45, 2.75) is 79.0 Å². The van der Waals surface area contributed by atoms with E-state index in [4.69, 9.17) is 10.5 Å². The molecule has 0 radical (unpaired) electrons. The molecule has 0 aromatic heterocycles. The summed E-state index contributed by atoms with van der Waals surface area (Å²) in [5.74, 6) is -1.96. The topological polar surface area (TPSA) is 151 Å². The number of hydrogen-bond donors (Lipinski definition) is 4. The minimum atomic E-state index is -1.25. The van der Waals surface area contributed by atoms with Gasteiger partial charge in [0.2, 0.25) is 11.8 Å². The van der Waals surface area contributed by atoms with Gasteiger partial charge in [-0.15, -0.1) is 0 Å². The Balaban J connectivity index is 2.56. The Kier molecular flexibility index (Phi) is 10.5. The van der Waals surface area contributed by atoms with Gasteiger partial charge in [0.05, 0.1) is 0 Å². The average molecular weight is 541 g/mol. The maximum absolute atomic E-state index is 13.9. The van der Waals surface area contributed by atoms with Crippen molar-refractivity contribution in [3.8, 4) is 5.75 Å². The van der Waals surface area contributed by atoms with Gasteiger partial charge in [-0.05, 0) is 71.6 Å². The number of ether oxygens (including phenoxy) is 1. The number of primary amides is 1. The second-order valence-electron chi connectivity index (χ2n) is 10.5. The highest BCUT2D eigenvalue weighted by molar-refractivity contribution is 6.00. The standard InChI is InChI=1S/C29H40N4O6/c1-8-33(27(37)21(15-16-22(30)34)31-28(38)39-29(5,6)7)24(20-14-10-13-19(4)25(20)35)26(36)32-23-17(2)11-9-12-18(23)3/h9-14,21,24,35H,8,15-16H2,1-7H3,(H2,30,34)(H,31,38)(H,32,36). The molecular formula is C29H40N4O6. The van der Waals surface area contributed by atoms with Gasteiger partial charge in [0.1, 0.15) is 23.4 Å². The van der Waals surface area contributed by atoms with Crippen LogP contribution in [0.4, 0.5) is 10.5 Å². The number of benzene rings is 2. The van der Waals surface area contributed by atoms with Crippen molar-refractivity contribution in [3.05, 3.63) is 58.7 Å². The summed E-state index contributed by atoms with van der Waals surface area (Å²) in [5, 5.41) is 16.4. The molecule has 212 valence electrons. The number of nitrogens with one attached hydrogen (secondary N) is 2. The van der Waals surface area contributed by atoms with E-state index in [1.165, 1.54) is 4.90 Å². The zero-order chi connectivity index (χ0) is 29.5. The second kappa shape index (κ2) is 13.1. The third-order valence-corrected chi connectivity index (χ3v) is 6.15. The number of aryl methyl sites for hydroxylation is 3. The van der Waals surface area contributed by atoms with E-state index in [-0.39, 0.29) is 30.7 Å². The molecule has 2 rings (SSSR count). The van der Waals surface area contributed by atoms with Crippen molar-refractivity contribution in [3.63, 3.8) is 0 Å². The molecule has 0 bridgehead atoms. The molecule has 0 aliphatic rings. The van der Waals surface area contributed by atoms with E-state index < -0.39 is 41.5 Å². The molecule has 10 heteroatoms. The number of phenols is 1. The van der Waals surface area contributed by atoms with E-state index in [0.717, 1.165) is 11.1 Å². The first kappa shape index (κ1) is 31.1. The fourth-order valence-electron chi connectivity index (χ4n) is 4.22. The molecule has 2 atom stereocenters. The van der Waals surface area contributed by atoms with Gasteiger partial charge in [0.25, 0.3) is 5.91 Å². The lowest BCUT2D eigenvalue weighted by atomic mass is 9.98. The largest absolute Gasteiger partial charge is 0.507 e. The predicted octanol–water partition coefficient (Wildman–Crippen LogP) is 4.00. The third-order valence-electron chi connectivity index (χ3n) is 6.15. The number of nitrogens with two attached hydrogens (primary N) is 1. The molecule has 39 heavy (non-hydrogen) atoms. The number of anilines is 1. The molecule has 0 heterocycles. The quantitative estimate of drug-likeness (QED) is 0.358. The number of rotatable bonds is 10. The van der Waals surface area contributed by atoms with Gasteiger partial charge < -0.3 is 31.1 Å². The first-order valence-corrected chi connectivity index (χ1v) is 12.9. The smallest absolute Gasteiger partial charge is 0.408 e. The maximum Gasteiger partial charge on any atom is 0.408 e. The Morgan fingerprint density at radius 1 is 1.00 bits per heavy atom. The fourth-order valence-corrected chi connectivity index (χ4v) is 4.22. The van der Waals surface area contributed by atoms with Crippen molar-refractivity contribution in [1.82, 2.24) is 10.2 Å². The number of likely N-dealkylation sites (N-methyl/N-ethyl adjacent to an activating group) is 1. The van der Waals surface area contributed by atoms with Crippen LogP contribution in [0.25, 0.3) is 0 Å². The van der Waals surface area contributed by atoms with Crippen LogP contribution in [0, 0.1) is 20.8 Å². The molecule has 0 saturated carbocycles. The number of carbonyl (C=O) groups is 4. The van der Waals surface area contributed by atoms with Crippen LogP contribution in [0.1, 0.15) is 68.8 Å². The molecule has 0 saturated heterocycles. The van der Waals surface area contributed by atoms with Crippen molar-refractivity contribution >= 4 is 29.5 Å². The molecule has 0 aliphatic carbocycles. The van der Waals surface area contributed by atoms with Gasteiger partial charge in [-0.2, -0.15) is 0 Å². The Morgan fingerprint density at radius 2 is 1.56 bits per heavy atom. The van der Waals surface area contributed by atoms with Crippen molar-refractivity contribution in [2.75, 3.05) is 11.9 Å². The molecule has 2 aromatic rings. The number of aromatic hydroxyl groups is 1. The molecule has 10 nitrogen and oxygen atoms in total. The molecule has 0 fully saturated rings. The van der Waals surface area contributed by atoms with Crippen molar-refractivity contribution < 1.29 is 29.0 Å². The lowest BCUT2D eigenvalue weighted by Crippen LogP contribution is -2.52. The van der Waals surface area contributed by atoms with Crippen molar-refractivity contribution in [1.29, 1.82) is 0 Å². The van der Waals surface area contributed by atoms with E-state index in [0.29, 0.717) is 11.3 Å². The summed E-state index contributed by atoms with van der Waals surface area (Å²) in [5.41, 5.74) is 7.51. The number of phenolic OH excluding ortho intramolecular Hbond substituents is 1. The van der Waals surface area contributed by atoms with Gasteiger partial charge in [0.15, 0.2) is 0 Å². The van der Waals surface area contributed by atoms with Crippen LogP contribution in [0.2, 0.25) is 0 Å². The lowest BCUT2D eigenvalue weighted by Gasteiger charge is -2.34. The molecular weight excluding hydrogens is 500 g/mol. The van der Waals surface area contributed by atoms with Crippen LogP contribution < -0.4 is 16.4 Å². The van der Waals surface area contributed by atoms with E-state index in [9.17, 15) is 24.3 Å². The van der Waals surface area contributed by atoms with Crippen LogP contribution in [0.3, 0.4) is 0 Å². The molecule has 0 aliphatic heterocycles. The summed E-state index contributed by atoms with van der Waals surface area (Å²) in [4.78, 5) is 53.2. The Labute approximate surface area is 229 Å². The minimum Gasteiger partial charge on any atom is -0.507 e. The van der Waals surface area contributed by atoms with Crippen LogP contribution in [-0.2, 0) is 19.1 Å². The zero-order valence-electron chi connectivity index (χ0n) is 23.8. The van der Waals surface area contributed by atoms with Gasteiger partial charge in [0, 0.05) is 24.2 Å². The van der Waals surface area contributed by atoms with E-state index in [1.807, 2.05) is 32.0 Å². The minimum absolute atomic E-state index is 0.0557. The van der Waals surface area contributed by atoms with Gasteiger partial charge in [-0.25, -0.2) is 4.79 Å². The van der Waals surface area contributed by atoms with Crippen LogP contribution in [-0.4, -0.2) is 52.0 Å². The molecule has 5 N–H and O–H groups in total. The predicted molar refractivity (Wildman–Crippen MR) is 149 cm³/mol. The highest BCUT2D eigenvalue weighted by Crippen LogP contribution is 2.33. The second-order valence-corrected chi connectivity index (χ2v) is 10.5. The number of amides is 4. The molecule has 0 spiro atoms. The third kappa shape index (κ3) is 8.46. The lowest BCUT2D eigenvalue weighted by molar-refractivity contribution is -0.140. The Morgan fingerprint density at radius 3 is 2.10 bits per heavy atom. The fraction of sp³-hybridized carbons (Fsp3) is 0.448. The van der Waals surface area contributed by atoms with Crippen LogP contribution in [0.5, 0.6) is 5.75 Å². The number of hydrogen-bond acceptors (Lipinski definition) is 6. The number of para-hydroxylation sites is 2. The van der Waals surface area contributed by atoms with Gasteiger partial charge >= 0.3 is 6.09 Å². The van der Waals surface area contributed by atoms with Crippen LogP contribution in [0.15, 0.2) is 36.4 Å². The van der Waals surface area contributed by atoms with Crippen LogP contribution >= 0.6 is 0 Å². The Bertz CT molecular complexity index is 1200. The Hall–Kier alpha value is -4.08. The van der Waals surface area contributed by atoms with Gasteiger partial charge in [-0.1, -0.05) is 36.4 Å². The zero-order valence-corrected chi connectivity index (χ0v) is 23.8. The van der Waals surface area contributed by atoms with Crippen molar-refractivity contribution in [2.24, 2.45) is 5.73 Å². The normalized spacial score (nSPS) is 12.7. The average Bonchev–Trinajstić information content (AvgIpc) is 2.83. The first-order chi connectivity index (χ1) is 18.2. The SMILES string of the molecule is CCN(C(=O)C(CCC(N)=O)NC(=O)OC(C)(C)C)C(C(=O)Nc1c(C)cccc1C)c1cccc(C)c1O. The van der Waals surface area contributed by atoms with Gasteiger partial charge in [-0.3, -0.25) is 14.4 Å². The molecule has 4 amide bonds. The van der Waals surface area contributed by atoms with E-state index in [1.54, 1.807) is 52.8 Å². The number of carbonyl (C=O) groups excluding carboxylic acids is 4. The number of nitrogens with zero attached hydrogens (tertiary/aromatic N) is 1. The summed E-state index contributed by atoms with van der Waals surface area (Å²) in [7, 11) is 0. The molecule has 2 unspecified atom stereocenters. The highest BCUT2D eigenvalue weighted by Gasteiger charge is 2.37. The van der Waals surface area contributed by atoms with E-state index >= 15 is 0 Å². The highest BCUT2D eigenvalue weighted by atomic mass is 16.6. The first-order valence-electron chi connectivity index (χ1n) is 12.9. The summed E-state index contributed by atoms with van der Waals surface area (Å²) in [6.07, 6.45) is -1.13.